The monoisotopic (exact) mass is 326 g/mol. The van der Waals surface area contributed by atoms with Gasteiger partial charge in [-0.3, -0.25) is 4.79 Å². The van der Waals surface area contributed by atoms with Gasteiger partial charge in [0.05, 0.1) is 18.0 Å². The Morgan fingerprint density at radius 2 is 2.25 bits per heavy atom. The van der Waals surface area contributed by atoms with Gasteiger partial charge < -0.3 is 15.8 Å². The molecule has 1 aromatic carbocycles. The average molecular weight is 326 g/mol. The Bertz CT molecular complexity index is 947. The number of hydrogen-bond donors (Lipinski definition) is 3. The molecule has 0 fully saturated rings. The lowest BCUT2D eigenvalue weighted by Gasteiger charge is -2.08. The third-order valence-electron chi connectivity index (χ3n) is 3.58. The van der Waals surface area contributed by atoms with Crippen molar-refractivity contribution in [3.05, 3.63) is 53.6 Å². The van der Waals surface area contributed by atoms with Crippen LogP contribution in [0.3, 0.4) is 0 Å². The van der Waals surface area contributed by atoms with Crippen LogP contribution >= 0.6 is 0 Å². The number of amides is 1. The Morgan fingerprint density at radius 1 is 1.46 bits per heavy atom. The predicted octanol–water partition coefficient (Wildman–Crippen LogP) is 2.32. The molecule has 0 aliphatic heterocycles. The molecule has 24 heavy (non-hydrogen) atoms. The summed E-state index contributed by atoms with van der Waals surface area (Å²) < 4.78 is 14.1. The maximum Gasteiger partial charge on any atom is 0.241 e. The van der Waals surface area contributed by atoms with E-state index in [1.165, 1.54) is 37.4 Å². The fourth-order valence-corrected chi connectivity index (χ4v) is 2.37. The van der Waals surface area contributed by atoms with Crippen molar-refractivity contribution in [3.63, 3.8) is 0 Å². The van der Waals surface area contributed by atoms with Crippen LogP contribution in [0, 0.1) is 5.82 Å². The van der Waals surface area contributed by atoms with E-state index in [2.05, 4.69) is 15.0 Å². The van der Waals surface area contributed by atoms with E-state index >= 15 is 0 Å². The van der Waals surface area contributed by atoms with Crippen LogP contribution in [0.1, 0.15) is 24.2 Å². The number of fused-ring (bicyclic) bond motifs is 1. The molecule has 0 unspecified atom stereocenters. The van der Waals surface area contributed by atoms with Crippen LogP contribution in [0.5, 0.6) is 0 Å². The first-order chi connectivity index (χ1) is 11.5. The lowest BCUT2D eigenvalue weighted by atomic mass is 10.1. The van der Waals surface area contributed by atoms with Crippen LogP contribution in [0.2, 0.25) is 0 Å². The van der Waals surface area contributed by atoms with Crippen LogP contribution < -0.4 is 5.73 Å². The minimum absolute atomic E-state index is 0.222. The lowest BCUT2D eigenvalue weighted by molar-refractivity contribution is -0.113. The summed E-state index contributed by atoms with van der Waals surface area (Å²) in [6.45, 7) is 1.50. The van der Waals surface area contributed by atoms with Gasteiger partial charge in [0.25, 0.3) is 0 Å². The molecule has 1 amide bonds. The molecule has 0 saturated heterocycles. The number of halogens is 1. The third-order valence-corrected chi connectivity index (χ3v) is 3.58. The molecule has 2 heterocycles. The number of aliphatic hydroxyl groups is 1. The summed E-state index contributed by atoms with van der Waals surface area (Å²) in [6, 6.07) is 4.50. The van der Waals surface area contributed by atoms with Gasteiger partial charge in [-0.1, -0.05) is 12.1 Å². The number of carbonyl (C=O) groups is 1. The van der Waals surface area contributed by atoms with Crippen molar-refractivity contribution in [3.8, 4) is 11.3 Å². The zero-order valence-electron chi connectivity index (χ0n) is 12.8. The maximum absolute atomic E-state index is 14.1. The van der Waals surface area contributed by atoms with Crippen LogP contribution in [0.25, 0.3) is 28.5 Å². The smallest absolute Gasteiger partial charge is 0.241 e. The van der Waals surface area contributed by atoms with Gasteiger partial charge in [0.1, 0.15) is 11.3 Å². The van der Waals surface area contributed by atoms with Crippen molar-refractivity contribution >= 4 is 23.1 Å². The van der Waals surface area contributed by atoms with Crippen molar-refractivity contribution in [2.45, 2.75) is 13.0 Å². The molecule has 1 atom stereocenters. The Morgan fingerprint density at radius 3 is 2.92 bits per heavy atom. The maximum atomic E-state index is 14.1. The minimum Gasteiger partial charge on any atom is -0.389 e. The first-order valence-corrected chi connectivity index (χ1v) is 7.25. The van der Waals surface area contributed by atoms with E-state index < -0.39 is 17.8 Å². The SMILES string of the molecule is C[C@@H](O)c1ccc(-c2cnc3[nH]cc(C=CC(N)=O)c3n2)cc1F. The highest BCUT2D eigenvalue weighted by Crippen LogP contribution is 2.25. The van der Waals surface area contributed by atoms with Gasteiger partial charge in [-0.2, -0.15) is 0 Å². The van der Waals surface area contributed by atoms with Gasteiger partial charge in [0, 0.05) is 29.0 Å². The van der Waals surface area contributed by atoms with Gasteiger partial charge in [-0.15, -0.1) is 0 Å². The number of nitrogens with one attached hydrogen (secondary N) is 1. The highest BCUT2D eigenvalue weighted by Gasteiger charge is 2.12. The molecule has 0 radical (unpaired) electrons. The van der Waals surface area contributed by atoms with Gasteiger partial charge in [-0.25, -0.2) is 14.4 Å². The number of aromatic nitrogens is 3. The van der Waals surface area contributed by atoms with Crippen molar-refractivity contribution in [1.82, 2.24) is 15.0 Å². The molecule has 0 spiro atoms. The summed E-state index contributed by atoms with van der Waals surface area (Å²) >= 11 is 0. The summed E-state index contributed by atoms with van der Waals surface area (Å²) in [4.78, 5) is 22.5. The third kappa shape index (κ3) is 3.02. The fraction of sp³-hybridized carbons (Fsp3) is 0.118. The fourth-order valence-electron chi connectivity index (χ4n) is 2.37. The number of rotatable bonds is 4. The number of nitrogens with zero attached hydrogens (tertiary/aromatic N) is 2. The number of aromatic amines is 1. The van der Waals surface area contributed by atoms with Crippen LogP contribution in [0.4, 0.5) is 4.39 Å². The van der Waals surface area contributed by atoms with Crippen molar-refractivity contribution < 1.29 is 14.3 Å². The lowest BCUT2D eigenvalue weighted by Crippen LogP contribution is -2.05. The molecular formula is C17H15FN4O2. The summed E-state index contributed by atoms with van der Waals surface area (Å²) in [6.07, 6.45) is 5.07. The second-order valence-corrected chi connectivity index (χ2v) is 5.34. The van der Waals surface area contributed by atoms with Gasteiger partial charge >= 0.3 is 0 Å². The molecule has 0 aliphatic rings. The number of H-pyrrole nitrogens is 1. The first kappa shape index (κ1) is 15.8. The number of primary amides is 1. The van der Waals surface area contributed by atoms with E-state index in [1.54, 1.807) is 12.3 Å². The molecule has 6 nitrogen and oxygen atoms in total. The topological polar surface area (TPSA) is 105 Å². The van der Waals surface area contributed by atoms with E-state index in [0.717, 1.165) is 0 Å². The van der Waals surface area contributed by atoms with Crippen LogP contribution in [0.15, 0.2) is 36.7 Å². The summed E-state index contributed by atoms with van der Waals surface area (Å²) in [5, 5.41) is 9.50. The molecule has 0 saturated carbocycles. The van der Waals surface area contributed by atoms with Crippen LogP contribution in [-0.2, 0) is 4.79 Å². The van der Waals surface area contributed by atoms with E-state index in [0.29, 0.717) is 28.0 Å². The molecule has 3 rings (SSSR count). The molecule has 4 N–H and O–H groups in total. The van der Waals surface area contributed by atoms with Crippen molar-refractivity contribution in [2.24, 2.45) is 5.73 Å². The largest absolute Gasteiger partial charge is 0.389 e. The molecule has 122 valence electrons. The number of benzene rings is 1. The van der Waals surface area contributed by atoms with Gasteiger partial charge in [-0.05, 0) is 19.1 Å². The Kier molecular flexibility index (Phi) is 4.09. The van der Waals surface area contributed by atoms with Crippen molar-refractivity contribution in [1.29, 1.82) is 0 Å². The summed E-state index contributed by atoms with van der Waals surface area (Å²) in [5.74, 6) is -1.07. The van der Waals surface area contributed by atoms with Crippen LogP contribution in [-0.4, -0.2) is 26.0 Å². The average Bonchev–Trinajstić information content (AvgIpc) is 2.94. The second-order valence-electron chi connectivity index (χ2n) is 5.34. The Hall–Kier alpha value is -3.06. The normalized spacial score (nSPS) is 12.8. The van der Waals surface area contributed by atoms with E-state index in [1.807, 2.05) is 0 Å². The zero-order valence-corrected chi connectivity index (χ0v) is 12.8. The number of nitrogens with two attached hydrogens (primary N) is 1. The quantitative estimate of drug-likeness (QED) is 0.640. The molecular weight excluding hydrogens is 311 g/mol. The Labute approximate surface area is 136 Å². The number of carbonyl (C=O) groups excluding carboxylic acids is 1. The summed E-state index contributed by atoms with van der Waals surface area (Å²) in [5.41, 5.74) is 8.08. The molecule has 0 bridgehead atoms. The van der Waals surface area contributed by atoms with Gasteiger partial charge in [0.2, 0.25) is 5.91 Å². The minimum atomic E-state index is -0.886. The van der Waals surface area contributed by atoms with Crippen molar-refractivity contribution in [2.75, 3.05) is 0 Å². The van der Waals surface area contributed by atoms with Gasteiger partial charge in [0.15, 0.2) is 5.65 Å². The molecule has 3 aromatic rings. The second kappa shape index (κ2) is 6.21. The standard InChI is InChI=1S/C17H15FN4O2/c1-9(23)12-4-2-10(6-13(12)18)14-8-21-17-16(22-14)11(7-20-17)3-5-15(19)24/h2-9,23H,1H3,(H2,19,24)(H,20,21)/t9-/m1/s1. The zero-order chi connectivity index (χ0) is 17.3. The highest BCUT2D eigenvalue weighted by molar-refractivity contribution is 5.93. The first-order valence-electron chi connectivity index (χ1n) is 7.25. The molecule has 2 aromatic heterocycles. The molecule has 7 heteroatoms. The number of hydrogen-bond acceptors (Lipinski definition) is 4. The molecule has 0 aliphatic carbocycles. The Balaban J connectivity index is 2.06. The van der Waals surface area contributed by atoms with E-state index in [-0.39, 0.29) is 5.56 Å². The predicted molar refractivity (Wildman–Crippen MR) is 88.1 cm³/mol. The highest BCUT2D eigenvalue weighted by atomic mass is 19.1. The van der Waals surface area contributed by atoms with E-state index in [4.69, 9.17) is 5.73 Å². The summed E-state index contributed by atoms with van der Waals surface area (Å²) in [7, 11) is 0. The van der Waals surface area contributed by atoms with E-state index in [9.17, 15) is 14.3 Å². The number of aliphatic hydroxyl groups excluding tert-OH is 1.